The zero-order valence-corrected chi connectivity index (χ0v) is 15.4. The lowest BCUT2D eigenvalue weighted by molar-refractivity contribution is 0.659. The van der Waals surface area contributed by atoms with Crippen LogP contribution in [-0.2, 0) is 5.41 Å². The minimum absolute atomic E-state index is 0.0569. The highest BCUT2D eigenvalue weighted by molar-refractivity contribution is 5.87. The van der Waals surface area contributed by atoms with Crippen molar-refractivity contribution in [2.75, 3.05) is 0 Å². The summed E-state index contributed by atoms with van der Waals surface area (Å²) in [6.07, 6.45) is 8.17. The first-order valence-corrected chi connectivity index (χ1v) is 8.62. The van der Waals surface area contributed by atoms with Gasteiger partial charge in [0, 0.05) is 5.41 Å². The molecule has 1 aliphatic carbocycles. The molecule has 3 rings (SSSR count). The molecule has 2 aromatic rings. The molecule has 0 aliphatic heterocycles. The van der Waals surface area contributed by atoms with Crippen molar-refractivity contribution in [3.63, 3.8) is 0 Å². The SMILES string of the molecule is C=C/C(=C\C=C/C)c1ccc2c(c1)-c1c(C)cc(C)cc1C2(C)C. The van der Waals surface area contributed by atoms with Crippen LogP contribution in [-0.4, -0.2) is 0 Å². The molecule has 0 fully saturated rings. The van der Waals surface area contributed by atoms with Gasteiger partial charge in [0.15, 0.2) is 0 Å². The fourth-order valence-electron chi connectivity index (χ4n) is 3.92. The average Bonchev–Trinajstić information content (AvgIpc) is 2.76. The maximum atomic E-state index is 3.98. The molecule has 0 nitrogen and oxygen atoms in total. The van der Waals surface area contributed by atoms with Crippen molar-refractivity contribution in [3.05, 3.63) is 89.0 Å². The standard InChI is InChI=1S/C24H26/c1-7-9-10-18(8-2)19-11-12-21-20(15-19)23-17(4)13-16(3)14-22(23)24(21,5)6/h7-15H,2H2,1,3-6H3/b9-7-,18-10+. The van der Waals surface area contributed by atoms with Gasteiger partial charge < -0.3 is 0 Å². The summed E-state index contributed by atoms with van der Waals surface area (Å²) in [5.74, 6) is 0. The van der Waals surface area contributed by atoms with Crippen LogP contribution >= 0.6 is 0 Å². The van der Waals surface area contributed by atoms with Gasteiger partial charge >= 0.3 is 0 Å². The van der Waals surface area contributed by atoms with E-state index in [9.17, 15) is 0 Å². The van der Waals surface area contributed by atoms with Gasteiger partial charge in [0.2, 0.25) is 0 Å². The average molecular weight is 314 g/mol. The number of benzene rings is 2. The number of allylic oxidation sites excluding steroid dienone is 5. The summed E-state index contributed by atoms with van der Waals surface area (Å²) in [5, 5.41) is 0. The molecule has 0 N–H and O–H groups in total. The van der Waals surface area contributed by atoms with Crippen LogP contribution in [0, 0.1) is 13.8 Å². The highest BCUT2D eigenvalue weighted by Crippen LogP contribution is 2.50. The topological polar surface area (TPSA) is 0 Å². The molecule has 0 atom stereocenters. The third-order valence-electron chi connectivity index (χ3n) is 5.14. The highest BCUT2D eigenvalue weighted by atomic mass is 14.4. The Balaban J connectivity index is 2.26. The van der Waals surface area contributed by atoms with Crippen molar-refractivity contribution in [2.24, 2.45) is 0 Å². The van der Waals surface area contributed by atoms with Crippen LogP contribution in [0.3, 0.4) is 0 Å². The van der Waals surface area contributed by atoms with Gasteiger partial charge in [-0.05, 0) is 65.8 Å². The van der Waals surface area contributed by atoms with Crippen molar-refractivity contribution < 1.29 is 0 Å². The summed E-state index contributed by atoms with van der Waals surface area (Å²) in [6.45, 7) is 15.1. The van der Waals surface area contributed by atoms with Gasteiger partial charge in [0.25, 0.3) is 0 Å². The molecule has 0 saturated carbocycles. The smallest absolute Gasteiger partial charge is 0.0159 e. The molecule has 24 heavy (non-hydrogen) atoms. The molecular weight excluding hydrogens is 288 g/mol. The zero-order valence-electron chi connectivity index (χ0n) is 15.4. The van der Waals surface area contributed by atoms with E-state index in [1.54, 1.807) is 0 Å². The third kappa shape index (κ3) is 2.47. The van der Waals surface area contributed by atoms with Crippen molar-refractivity contribution in [1.29, 1.82) is 0 Å². The monoisotopic (exact) mass is 314 g/mol. The maximum absolute atomic E-state index is 3.98. The van der Waals surface area contributed by atoms with E-state index in [0.29, 0.717) is 0 Å². The lowest BCUT2D eigenvalue weighted by Crippen LogP contribution is -2.15. The van der Waals surface area contributed by atoms with Crippen LogP contribution in [0.1, 0.15) is 48.6 Å². The number of hydrogen-bond donors (Lipinski definition) is 0. The number of fused-ring (bicyclic) bond motifs is 3. The summed E-state index contributed by atoms with van der Waals surface area (Å²) in [7, 11) is 0. The molecule has 0 radical (unpaired) electrons. The summed E-state index contributed by atoms with van der Waals surface area (Å²) in [4.78, 5) is 0. The van der Waals surface area contributed by atoms with Crippen molar-refractivity contribution >= 4 is 5.57 Å². The molecular formula is C24H26. The van der Waals surface area contributed by atoms with E-state index in [2.05, 4.69) is 76.8 Å². The fraction of sp³-hybridized carbons (Fsp3) is 0.250. The van der Waals surface area contributed by atoms with Gasteiger partial charge in [-0.3, -0.25) is 0 Å². The second-order valence-electron chi connectivity index (χ2n) is 7.24. The third-order valence-corrected chi connectivity index (χ3v) is 5.14. The molecule has 0 amide bonds. The van der Waals surface area contributed by atoms with E-state index in [0.717, 1.165) is 5.57 Å². The second-order valence-corrected chi connectivity index (χ2v) is 7.24. The van der Waals surface area contributed by atoms with E-state index in [1.165, 1.54) is 38.9 Å². The molecule has 0 aromatic heterocycles. The normalized spacial score (nSPS) is 15.5. The largest absolute Gasteiger partial charge is 0.0984 e. The molecule has 0 spiro atoms. The predicted molar refractivity (Wildman–Crippen MR) is 106 cm³/mol. The quantitative estimate of drug-likeness (QED) is 0.549. The molecule has 0 bridgehead atoms. The van der Waals surface area contributed by atoms with Crippen molar-refractivity contribution in [3.8, 4) is 11.1 Å². The zero-order chi connectivity index (χ0) is 17.5. The molecule has 0 unspecified atom stereocenters. The first kappa shape index (κ1) is 16.5. The second kappa shape index (κ2) is 5.94. The van der Waals surface area contributed by atoms with Gasteiger partial charge in [0.05, 0.1) is 0 Å². The predicted octanol–water partition coefficient (Wildman–Crippen LogP) is 6.76. The fourth-order valence-corrected chi connectivity index (χ4v) is 3.92. The van der Waals surface area contributed by atoms with Crippen LogP contribution in [0.25, 0.3) is 16.7 Å². The molecule has 1 aliphatic rings. The molecule has 0 heteroatoms. The van der Waals surface area contributed by atoms with Crippen LogP contribution < -0.4 is 0 Å². The number of hydrogen-bond acceptors (Lipinski definition) is 0. The first-order chi connectivity index (χ1) is 11.4. The Morgan fingerprint density at radius 3 is 2.46 bits per heavy atom. The van der Waals surface area contributed by atoms with E-state index < -0.39 is 0 Å². The van der Waals surface area contributed by atoms with Gasteiger partial charge in [-0.1, -0.05) is 74.6 Å². The highest BCUT2D eigenvalue weighted by Gasteiger charge is 2.36. The van der Waals surface area contributed by atoms with Crippen molar-refractivity contribution in [2.45, 2.75) is 40.0 Å². The van der Waals surface area contributed by atoms with Gasteiger partial charge in [-0.15, -0.1) is 0 Å². The van der Waals surface area contributed by atoms with E-state index >= 15 is 0 Å². The van der Waals surface area contributed by atoms with Crippen LogP contribution in [0.2, 0.25) is 0 Å². The van der Waals surface area contributed by atoms with Crippen molar-refractivity contribution in [1.82, 2.24) is 0 Å². The lowest BCUT2D eigenvalue weighted by atomic mass is 9.81. The maximum Gasteiger partial charge on any atom is 0.0159 e. The summed E-state index contributed by atoms with van der Waals surface area (Å²) in [6, 6.07) is 11.5. The Hall–Kier alpha value is -2.34. The Kier molecular flexibility index (Phi) is 4.09. The Morgan fingerprint density at radius 1 is 1.04 bits per heavy atom. The van der Waals surface area contributed by atoms with Crippen LogP contribution in [0.5, 0.6) is 0 Å². The Labute approximate surface area is 146 Å². The minimum Gasteiger partial charge on any atom is -0.0984 e. The molecule has 2 aromatic carbocycles. The lowest BCUT2D eigenvalue weighted by Gasteiger charge is -2.22. The molecule has 122 valence electrons. The Morgan fingerprint density at radius 2 is 1.79 bits per heavy atom. The van der Waals surface area contributed by atoms with Crippen LogP contribution in [0.4, 0.5) is 0 Å². The van der Waals surface area contributed by atoms with Crippen LogP contribution in [0.15, 0.2) is 61.2 Å². The Bertz CT molecular complexity index is 873. The first-order valence-electron chi connectivity index (χ1n) is 8.62. The van der Waals surface area contributed by atoms with Gasteiger partial charge in [0.1, 0.15) is 0 Å². The molecule has 0 heterocycles. The van der Waals surface area contributed by atoms with Gasteiger partial charge in [-0.25, -0.2) is 0 Å². The summed E-state index contributed by atoms with van der Waals surface area (Å²) >= 11 is 0. The van der Waals surface area contributed by atoms with E-state index in [4.69, 9.17) is 0 Å². The summed E-state index contributed by atoms with van der Waals surface area (Å²) < 4.78 is 0. The van der Waals surface area contributed by atoms with E-state index in [1.807, 2.05) is 19.1 Å². The number of aryl methyl sites for hydroxylation is 2. The van der Waals surface area contributed by atoms with E-state index in [-0.39, 0.29) is 5.41 Å². The molecule has 0 saturated heterocycles. The minimum atomic E-state index is 0.0569. The van der Waals surface area contributed by atoms with Gasteiger partial charge in [-0.2, -0.15) is 0 Å². The number of rotatable bonds is 3. The summed E-state index contributed by atoms with van der Waals surface area (Å²) in [5.41, 5.74) is 10.8.